The van der Waals surface area contributed by atoms with Crippen LogP contribution < -0.4 is 5.32 Å². The van der Waals surface area contributed by atoms with Gasteiger partial charge in [0.05, 0.1) is 12.5 Å². The molecule has 1 amide bonds. The van der Waals surface area contributed by atoms with Crippen molar-refractivity contribution in [2.24, 2.45) is 0 Å². The molecule has 2 atom stereocenters. The maximum absolute atomic E-state index is 11.9. The van der Waals surface area contributed by atoms with Crippen LogP contribution in [-0.2, 0) is 14.3 Å². The molecule has 0 aromatic heterocycles. The van der Waals surface area contributed by atoms with E-state index in [4.69, 9.17) is 4.74 Å². The van der Waals surface area contributed by atoms with Gasteiger partial charge < -0.3 is 10.1 Å². The third-order valence-corrected chi connectivity index (χ3v) is 3.88. The highest BCUT2D eigenvalue weighted by Crippen LogP contribution is 2.18. The van der Waals surface area contributed by atoms with Gasteiger partial charge in [0.2, 0.25) is 0 Å². The Labute approximate surface area is 142 Å². The van der Waals surface area contributed by atoms with Crippen molar-refractivity contribution in [1.82, 2.24) is 5.32 Å². The molecule has 4 nitrogen and oxygen atoms in total. The van der Waals surface area contributed by atoms with Gasteiger partial charge in [0.25, 0.3) is 5.91 Å². The van der Waals surface area contributed by atoms with Crippen LogP contribution in [0.2, 0.25) is 0 Å². The van der Waals surface area contributed by atoms with Gasteiger partial charge in [-0.1, -0.05) is 67.6 Å². The predicted octanol–water partition coefficient (Wildman–Crippen LogP) is 3.60. The summed E-state index contributed by atoms with van der Waals surface area (Å²) in [4.78, 5) is 23.8. The Morgan fingerprint density at radius 3 is 2.04 bits per heavy atom. The predicted molar refractivity (Wildman–Crippen MR) is 93.4 cm³/mol. The van der Waals surface area contributed by atoms with E-state index in [2.05, 4.69) is 5.32 Å². The second kappa shape index (κ2) is 8.87. The topological polar surface area (TPSA) is 55.4 Å². The van der Waals surface area contributed by atoms with Crippen LogP contribution in [0, 0.1) is 0 Å². The van der Waals surface area contributed by atoms with E-state index in [1.54, 1.807) is 0 Å². The van der Waals surface area contributed by atoms with Crippen molar-refractivity contribution in [2.75, 3.05) is 6.61 Å². The summed E-state index contributed by atoms with van der Waals surface area (Å²) in [7, 11) is 0. The summed E-state index contributed by atoms with van der Waals surface area (Å²) in [5.74, 6) is -0.606. The highest BCUT2D eigenvalue weighted by Gasteiger charge is 2.15. The van der Waals surface area contributed by atoms with Crippen molar-refractivity contribution in [3.63, 3.8) is 0 Å². The van der Waals surface area contributed by atoms with Gasteiger partial charge in [-0.25, -0.2) is 0 Å². The van der Waals surface area contributed by atoms with Gasteiger partial charge >= 0.3 is 5.97 Å². The van der Waals surface area contributed by atoms with Crippen molar-refractivity contribution in [1.29, 1.82) is 0 Å². The monoisotopic (exact) mass is 325 g/mol. The maximum Gasteiger partial charge on any atom is 0.306 e. The number of hydrogen-bond donors (Lipinski definition) is 1. The van der Waals surface area contributed by atoms with Gasteiger partial charge in [0.1, 0.15) is 0 Å². The lowest BCUT2D eigenvalue weighted by Crippen LogP contribution is -2.31. The lowest BCUT2D eigenvalue weighted by atomic mass is 9.98. The molecule has 2 rings (SSSR count). The van der Waals surface area contributed by atoms with E-state index in [0.29, 0.717) is 0 Å². The van der Waals surface area contributed by atoms with E-state index in [9.17, 15) is 9.59 Å². The van der Waals surface area contributed by atoms with E-state index in [1.807, 2.05) is 74.5 Å². The maximum atomic E-state index is 11.9. The van der Waals surface area contributed by atoms with Crippen LogP contribution in [0.25, 0.3) is 0 Å². The quantitative estimate of drug-likeness (QED) is 0.791. The van der Waals surface area contributed by atoms with Crippen molar-refractivity contribution in [3.05, 3.63) is 71.8 Å². The van der Waals surface area contributed by atoms with E-state index >= 15 is 0 Å². The molecule has 4 heteroatoms. The number of carbonyl (C=O) groups is 2. The average molecular weight is 325 g/mol. The Morgan fingerprint density at radius 2 is 1.46 bits per heavy atom. The standard InChI is InChI=1S/C20H23NO3/c1-15(17-9-5-3-6-10-17)13-20(23)24-14-19(22)21-16(2)18-11-7-4-8-12-18/h3-12,15-16H,13-14H2,1-2H3,(H,21,22). The number of ether oxygens (including phenoxy) is 1. The summed E-state index contributed by atoms with van der Waals surface area (Å²) in [6.07, 6.45) is 0.255. The minimum absolute atomic E-state index is 0.0602. The zero-order valence-corrected chi connectivity index (χ0v) is 14.1. The molecule has 0 aliphatic heterocycles. The molecular weight excluding hydrogens is 302 g/mol. The van der Waals surface area contributed by atoms with E-state index in [-0.39, 0.29) is 36.9 Å². The van der Waals surface area contributed by atoms with Crippen LogP contribution in [0.4, 0.5) is 0 Å². The summed E-state index contributed by atoms with van der Waals surface area (Å²) >= 11 is 0. The molecule has 0 saturated carbocycles. The highest BCUT2D eigenvalue weighted by atomic mass is 16.5. The molecule has 0 heterocycles. The molecule has 0 bridgehead atoms. The van der Waals surface area contributed by atoms with Gasteiger partial charge in [-0.2, -0.15) is 0 Å². The van der Waals surface area contributed by atoms with Crippen LogP contribution in [-0.4, -0.2) is 18.5 Å². The molecule has 2 unspecified atom stereocenters. The van der Waals surface area contributed by atoms with Gasteiger partial charge in [0.15, 0.2) is 6.61 Å². The number of hydrogen-bond acceptors (Lipinski definition) is 3. The van der Waals surface area contributed by atoms with Crippen LogP contribution in [0.5, 0.6) is 0 Å². The van der Waals surface area contributed by atoms with Crippen molar-refractivity contribution in [3.8, 4) is 0 Å². The van der Waals surface area contributed by atoms with Gasteiger partial charge in [-0.05, 0) is 24.0 Å². The third kappa shape index (κ3) is 5.54. The summed E-state index contributed by atoms with van der Waals surface area (Å²) in [5.41, 5.74) is 2.09. The minimum Gasteiger partial charge on any atom is -0.456 e. The minimum atomic E-state index is -0.367. The number of amides is 1. The van der Waals surface area contributed by atoms with E-state index in [0.717, 1.165) is 11.1 Å². The number of benzene rings is 2. The van der Waals surface area contributed by atoms with Gasteiger partial charge in [-0.3, -0.25) is 9.59 Å². The first-order valence-corrected chi connectivity index (χ1v) is 8.11. The largest absolute Gasteiger partial charge is 0.456 e. The smallest absolute Gasteiger partial charge is 0.306 e. The first-order valence-electron chi connectivity index (χ1n) is 8.11. The number of nitrogens with one attached hydrogen (secondary N) is 1. The normalized spacial score (nSPS) is 12.9. The Kier molecular flexibility index (Phi) is 6.55. The van der Waals surface area contributed by atoms with Crippen molar-refractivity contribution in [2.45, 2.75) is 32.2 Å². The van der Waals surface area contributed by atoms with Gasteiger partial charge in [0, 0.05) is 0 Å². The van der Waals surface area contributed by atoms with Crippen LogP contribution >= 0.6 is 0 Å². The molecule has 0 radical (unpaired) electrons. The number of carbonyl (C=O) groups excluding carboxylic acids is 2. The second-order valence-corrected chi connectivity index (χ2v) is 5.88. The molecule has 2 aromatic rings. The summed E-state index contributed by atoms with van der Waals surface area (Å²) in [6, 6.07) is 19.3. The van der Waals surface area contributed by atoms with Crippen LogP contribution in [0.15, 0.2) is 60.7 Å². The molecule has 2 aromatic carbocycles. The van der Waals surface area contributed by atoms with Crippen molar-refractivity contribution < 1.29 is 14.3 Å². The fraction of sp³-hybridized carbons (Fsp3) is 0.300. The molecule has 0 aliphatic carbocycles. The SMILES string of the molecule is CC(CC(=O)OCC(=O)NC(C)c1ccccc1)c1ccccc1. The fourth-order valence-electron chi connectivity index (χ4n) is 2.46. The molecule has 126 valence electrons. The molecule has 0 saturated heterocycles. The lowest BCUT2D eigenvalue weighted by molar-refractivity contribution is -0.149. The first kappa shape index (κ1) is 17.7. The molecule has 0 fully saturated rings. The Bertz CT molecular complexity index is 596. The molecule has 1 N–H and O–H groups in total. The lowest BCUT2D eigenvalue weighted by Gasteiger charge is -2.15. The molecule has 0 spiro atoms. The molecule has 0 aliphatic rings. The zero-order valence-electron chi connectivity index (χ0n) is 14.1. The highest BCUT2D eigenvalue weighted by molar-refractivity contribution is 5.81. The Hall–Kier alpha value is -2.62. The first-order chi connectivity index (χ1) is 11.6. The summed E-state index contributed by atoms with van der Waals surface area (Å²) in [5, 5.41) is 2.82. The third-order valence-electron chi connectivity index (χ3n) is 3.88. The number of rotatable bonds is 7. The zero-order chi connectivity index (χ0) is 17.4. The number of esters is 1. The summed E-state index contributed by atoms with van der Waals surface area (Å²) < 4.78 is 5.08. The second-order valence-electron chi connectivity index (χ2n) is 5.88. The van der Waals surface area contributed by atoms with Gasteiger partial charge in [-0.15, -0.1) is 0 Å². The van der Waals surface area contributed by atoms with E-state index < -0.39 is 0 Å². The fourth-order valence-corrected chi connectivity index (χ4v) is 2.46. The Balaban J connectivity index is 1.74. The Morgan fingerprint density at radius 1 is 0.917 bits per heavy atom. The molecule has 24 heavy (non-hydrogen) atoms. The van der Waals surface area contributed by atoms with Crippen LogP contribution in [0.1, 0.15) is 43.4 Å². The molecular formula is C20H23NO3. The summed E-state index contributed by atoms with van der Waals surface area (Å²) in [6.45, 7) is 3.61. The van der Waals surface area contributed by atoms with E-state index in [1.165, 1.54) is 0 Å². The van der Waals surface area contributed by atoms with Crippen molar-refractivity contribution >= 4 is 11.9 Å². The average Bonchev–Trinajstić information content (AvgIpc) is 2.61. The van der Waals surface area contributed by atoms with Crippen LogP contribution in [0.3, 0.4) is 0 Å².